The molecule has 0 aromatic carbocycles. The van der Waals surface area contributed by atoms with E-state index in [-0.39, 0.29) is 0 Å². The lowest BCUT2D eigenvalue weighted by Crippen LogP contribution is -2.33. The van der Waals surface area contributed by atoms with E-state index in [9.17, 15) is 0 Å². The van der Waals surface area contributed by atoms with Crippen molar-refractivity contribution in [1.29, 1.82) is 0 Å². The second-order valence-electron chi connectivity index (χ2n) is 2.69. The Morgan fingerprint density at radius 1 is 1.55 bits per heavy atom. The van der Waals surface area contributed by atoms with E-state index in [2.05, 4.69) is 29.3 Å². The van der Waals surface area contributed by atoms with Crippen LogP contribution in [0.25, 0.3) is 0 Å². The molecule has 4 heteroatoms. The maximum absolute atomic E-state index is 5.42. The number of nitrogens with two attached hydrogens (primary N) is 1. The Labute approximate surface area is 68.5 Å². The average molecular weight is 158 g/mol. The van der Waals surface area contributed by atoms with E-state index in [1.165, 1.54) is 0 Å². The molecule has 4 nitrogen and oxygen atoms in total. The van der Waals surface area contributed by atoms with Gasteiger partial charge in [0.25, 0.3) is 0 Å². The first-order chi connectivity index (χ1) is 5.16. The van der Waals surface area contributed by atoms with Crippen LogP contribution in [0.1, 0.15) is 6.42 Å². The smallest absolute Gasteiger partial charge is 0.188 e. The van der Waals surface area contributed by atoms with Crippen molar-refractivity contribution in [2.24, 2.45) is 10.7 Å². The lowest BCUT2D eigenvalue weighted by molar-refractivity contribution is 0.400. The SMILES string of the molecule is CN=C(N)NCCCN(C)C. The minimum atomic E-state index is 0.517. The Bertz CT molecular complexity index is 120. The number of nitrogens with one attached hydrogen (secondary N) is 1. The molecule has 0 unspecified atom stereocenters. The minimum Gasteiger partial charge on any atom is -0.370 e. The van der Waals surface area contributed by atoms with Gasteiger partial charge in [0.1, 0.15) is 0 Å². The van der Waals surface area contributed by atoms with Crippen molar-refractivity contribution in [1.82, 2.24) is 10.2 Å². The predicted molar refractivity (Wildman–Crippen MR) is 48.7 cm³/mol. The molecule has 0 spiro atoms. The zero-order valence-electron chi connectivity index (χ0n) is 7.59. The second kappa shape index (κ2) is 5.97. The summed E-state index contributed by atoms with van der Waals surface area (Å²) in [6, 6.07) is 0. The van der Waals surface area contributed by atoms with E-state index in [1.807, 2.05) is 0 Å². The van der Waals surface area contributed by atoms with Crippen LogP contribution in [0, 0.1) is 0 Å². The highest BCUT2D eigenvalue weighted by Crippen LogP contribution is 1.79. The highest BCUT2D eigenvalue weighted by Gasteiger charge is 1.90. The van der Waals surface area contributed by atoms with Crippen molar-refractivity contribution >= 4 is 5.96 Å². The molecule has 0 heterocycles. The fourth-order valence-electron chi connectivity index (χ4n) is 0.691. The molecule has 0 rings (SSSR count). The van der Waals surface area contributed by atoms with Gasteiger partial charge in [0.2, 0.25) is 0 Å². The molecule has 0 bridgehead atoms. The van der Waals surface area contributed by atoms with Gasteiger partial charge >= 0.3 is 0 Å². The molecule has 11 heavy (non-hydrogen) atoms. The lowest BCUT2D eigenvalue weighted by atomic mass is 10.4. The number of rotatable bonds is 4. The summed E-state index contributed by atoms with van der Waals surface area (Å²) < 4.78 is 0. The first kappa shape index (κ1) is 10.2. The third kappa shape index (κ3) is 7.12. The maximum atomic E-state index is 5.42. The normalized spacial score (nSPS) is 12.2. The summed E-state index contributed by atoms with van der Waals surface area (Å²) >= 11 is 0. The van der Waals surface area contributed by atoms with Crippen molar-refractivity contribution in [3.63, 3.8) is 0 Å². The molecule has 0 saturated carbocycles. The topological polar surface area (TPSA) is 53.6 Å². The molecule has 0 radical (unpaired) electrons. The van der Waals surface area contributed by atoms with Crippen LogP contribution < -0.4 is 11.1 Å². The Morgan fingerprint density at radius 2 is 2.18 bits per heavy atom. The number of nitrogens with zero attached hydrogens (tertiary/aromatic N) is 2. The van der Waals surface area contributed by atoms with Crippen molar-refractivity contribution in [3.8, 4) is 0 Å². The maximum Gasteiger partial charge on any atom is 0.188 e. The molecule has 0 amide bonds. The molecular weight excluding hydrogens is 140 g/mol. The molecular formula is C7H18N4. The van der Waals surface area contributed by atoms with E-state index < -0.39 is 0 Å². The monoisotopic (exact) mass is 158 g/mol. The van der Waals surface area contributed by atoms with Crippen LogP contribution in [0.4, 0.5) is 0 Å². The fourth-order valence-corrected chi connectivity index (χ4v) is 0.691. The summed E-state index contributed by atoms with van der Waals surface area (Å²) in [6.45, 7) is 1.96. The van der Waals surface area contributed by atoms with E-state index in [0.29, 0.717) is 5.96 Å². The van der Waals surface area contributed by atoms with Crippen LogP contribution in [0.2, 0.25) is 0 Å². The van der Waals surface area contributed by atoms with E-state index in [0.717, 1.165) is 19.5 Å². The number of hydrogen-bond acceptors (Lipinski definition) is 2. The van der Waals surface area contributed by atoms with E-state index in [1.54, 1.807) is 7.05 Å². The molecule has 0 atom stereocenters. The van der Waals surface area contributed by atoms with Gasteiger partial charge in [-0.15, -0.1) is 0 Å². The van der Waals surface area contributed by atoms with Gasteiger partial charge in [0.05, 0.1) is 0 Å². The molecule has 0 aliphatic rings. The third-order valence-corrected chi connectivity index (χ3v) is 1.33. The number of hydrogen-bond donors (Lipinski definition) is 2. The van der Waals surface area contributed by atoms with Crippen LogP contribution in [0.3, 0.4) is 0 Å². The van der Waals surface area contributed by atoms with Gasteiger partial charge < -0.3 is 16.0 Å². The molecule has 0 saturated heterocycles. The van der Waals surface area contributed by atoms with Gasteiger partial charge in [-0.05, 0) is 27.1 Å². The van der Waals surface area contributed by atoms with E-state index in [4.69, 9.17) is 5.73 Å². The average Bonchev–Trinajstić information content (AvgIpc) is 1.97. The Balaban J connectivity index is 3.15. The lowest BCUT2D eigenvalue weighted by Gasteiger charge is -2.09. The van der Waals surface area contributed by atoms with Crippen LogP contribution in [-0.2, 0) is 0 Å². The quantitative estimate of drug-likeness (QED) is 0.328. The van der Waals surface area contributed by atoms with Gasteiger partial charge in [-0.2, -0.15) is 0 Å². The summed E-state index contributed by atoms with van der Waals surface area (Å²) in [4.78, 5) is 5.91. The molecule has 0 aliphatic carbocycles. The summed E-state index contributed by atoms with van der Waals surface area (Å²) in [7, 11) is 5.78. The fraction of sp³-hybridized carbons (Fsp3) is 0.857. The molecule has 0 aromatic heterocycles. The van der Waals surface area contributed by atoms with E-state index >= 15 is 0 Å². The van der Waals surface area contributed by atoms with Crippen molar-refractivity contribution in [3.05, 3.63) is 0 Å². The Morgan fingerprint density at radius 3 is 2.64 bits per heavy atom. The predicted octanol–water partition coefficient (Wildman–Crippen LogP) is -0.528. The van der Waals surface area contributed by atoms with Crippen LogP contribution >= 0.6 is 0 Å². The second-order valence-corrected chi connectivity index (χ2v) is 2.69. The first-order valence-corrected chi connectivity index (χ1v) is 3.77. The van der Waals surface area contributed by atoms with Gasteiger partial charge in [-0.1, -0.05) is 0 Å². The van der Waals surface area contributed by atoms with Gasteiger partial charge in [0.15, 0.2) is 5.96 Å². The summed E-state index contributed by atoms with van der Waals surface area (Å²) in [5.74, 6) is 0.517. The van der Waals surface area contributed by atoms with Crippen molar-refractivity contribution in [2.75, 3.05) is 34.2 Å². The highest BCUT2D eigenvalue weighted by atomic mass is 15.1. The molecule has 3 N–H and O–H groups in total. The molecule has 66 valence electrons. The minimum absolute atomic E-state index is 0.517. The molecule has 0 fully saturated rings. The van der Waals surface area contributed by atoms with Gasteiger partial charge in [-0.25, -0.2) is 0 Å². The summed E-state index contributed by atoms with van der Waals surface area (Å²) in [5, 5.41) is 2.99. The summed E-state index contributed by atoms with van der Waals surface area (Å²) in [6.07, 6.45) is 1.09. The van der Waals surface area contributed by atoms with Crippen LogP contribution in [0.5, 0.6) is 0 Å². The van der Waals surface area contributed by atoms with Crippen molar-refractivity contribution < 1.29 is 0 Å². The number of guanidine groups is 1. The van der Waals surface area contributed by atoms with Crippen molar-refractivity contribution in [2.45, 2.75) is 6.42 Å². The molecule has 0 aromatic rings. The first-order valence-electron chi connectivity index (χ1n) is 3.77. The Kier molecular flexibility index (Phi) is 5.56. The highest BCUT2D eigenvalue weighted by molar-refractivity contribution is 5.77. The standard InChI is InChI=1S/C7H18N4/c1-9-7(8)10-5-4-6-11(2)3/h4-6H2,1-3H3,(H3,8,9,10). The Hall–Kier alpha value is -0.770. The summed E-state index contributed by atoms with van der Waals surface area (Å²) in [5.41, 5.74) is 5.42. The van der Waals surface area contributed by atoms with Crippen LogP contribution in [0.15, 0.2) is 4.99 Å². The molecule has 0 aliphatic heterocycles. The zero-order chi connectivity index (χ0) is 8.69. The zero-order valence-corrected chi connectivity index (χ0v) is 7.59. The number of aliphatic imine (C=N–C) groups is 1. The largest absolute Gasteiger partial charge is 0.370 e. The third-order valence-electron chi connectivity index (χ3n) is 1.33. The van der Waals surface area contributed by atoms with Gasteiger partial charge in [0, 0.05) is 13.6 Å². The van der Waals surface area contributed by atoms with Crippen LogP contribution in [-0.4, -0.2) is 45.1 Å². The van der Waals surface area contributed by atoms with Gasteiger partial charge in [-0.3, -0.25) is 4.99 Å².